The number of H-pyrrole nitrogens is 1. The van der Waals surface area contributed by atoms with Gasteiger partial charge in [0.2, 0.25) is 0 Å². The number of anilines is 1. The van der Waals surface area contributed by atoms with Crippen LogP contribution in [0.15, 0.2) is 53.3 Å². The fourth-order valence-corrected chi connectivity index (χ4v) is 3.07. The molecule has 7 nitrogen and oxygen atoms in total. The fourth-order valence-electron chi connectivity index (χ4n) is 2.56. The minimum Gasteiger partial charge on any atom is -0.463 e. The normalized spacial score (nSPS) is 11.0. The molecule has 0 bridgehead atoms. The Kier molecular flexibility index (Phi) is 5.13. The Hall–Kier alpha value is -2.74. The van der Waals surface area contributed by atoms with Crippen LogP contribution in [0, 0.1) is 0 Å². The summed E-state index contributed by atoms with van der Waals surface area (Å²) in [5.74, 6) is 0.362. The Morgan fingerprint density at radius 2 is 2.00 bits per heavy atom. The lowest BCUT2D eigenvalue weighted by atomic mass is 10.2. The van der Waals surface area contributed by atoms with E-state index in [4.69, 9.17) is 39.2 Å². The van der Waals surface area contributed by atoms with Crippen molar-refractivity contribution in [2.24, 2.45) is 0 Å². The number of carbonyl (C=O) groups is 1. The Morgan fingerprint density at radius 1 is 1.14 bits per heavy atom. The van der Waals surface area contributed by atoms with Gasteiger partial charge in [-0.05, 0) is 29.8 Å². The first-order valence-electron chi connectivity index (χ1n) is 8.07. The summed E-state index contributed by atoms with van der Waals surface area (Å²) in [4.78, 5) is 12.4. The molecule has 0 spiro atoms. The monoisotopic (exact) mass is 435 g/mol. The Morgan fingerprint density at radius 3 is 2.75 bits per heavy atom. The third-order valence-electron chi connectivity index (χ3n) is 3.87. The molecular formula is C18H12Cl3N5O2. The summed E-state index contributed by atoms with van der Waals surface area (Å²) >= 11 is 18.2. The Bertz CT molecular complexity index is 1130. The average molecular weight is 437 g/mol. The van der Waals surface area contributed by atoms with Gasteiger partial charge in [-0.25, -0.2) is 0 Å². The maximum Gasteiger partial charge on any atom is 0.277 e. The van der Waals surface area contributed by atoms with Gasteiger partial charge in [0.15, 0.2) is 17.3 Å². The number of carbonyl (C=O) groups excluding carboxylic acids is 1. The van der Waals surface area contributed by atoms with E-state index in [-0.39, 0.29) is 11.5 Å². The molecule has 10 heteroatoms. The third-order valence-corrected chi connectivity index (χ3v) is 4.89. The summed E-state index contributed by atoms with van der Waals surface area (Å²) in [7, 11) is 0. The van der Waals surface area contributed by atoms with Crippen LogP contribution in [0.5, 0.6) is 0 Å². The largest absolute Gasteiger partial charge is 0.463 e. The molecule has 28 heavy (non-hydrogen) atoms. The second-order valence-corrected chi connectivity index (χ2v) is 7.09. The van der Waals surface area contributed by atoms with Crippen molar-refractivity contribution in [3.63, 3.8) is 0 Å². The van der Waals surface area contributed by atoms with E-state index in [9.17, 15) is 4.79 Å². The predicted molar refractivity (Wildman–Crippen MR) is 107 cm³/mol. The highest BCUT2D eigenvalue weighted by Gasteiger charge is 2.16. The van der Waals surface area contributed by atoms with E-state index < -0.39 is 5.91 Å². The Labute approximate surface area is 174 Å². The van der Waals surface area contributed by atoms with Crippen LogP contribution < -0.4 is 5.32 Å². The van der Waals surface area contributed by atoms with Crippen molar-refractivity contribution in [1.29, 1.82) is 0 Å². The van der Waals surface area contributed by atoms with Gasteiger partial charge < -0.3 is 9.73 Å². The molecule has 0 saturated heterocycles. The maximum atomic E-state index is 12.4. The van der Waals surface area contributed by atoms with Crippen molar-refractivity contribution in [2.45, 2.75) is 6.54 Å². The number of benzene rings is 1. The van der Waals surface area contributed by atoms with Gasteiger partial charge in [0.05, 0.1) is 22.9 Å². The van der Waals surface area contributed by atoms with Crippen molar-refractivity contribution in [2.75, 3.05) is 5.32 Å². The van der Waals surface area contributed by atoms with Crippen LogP contribution >= 0.6 is 34.8 Å². The number of halogens is 3. The molecule has 3 heterocycles. The summed E-state index contributed by atoms with van der Waals surface area (Å²) < 4.78 is 6.86. The molecule has 0 saturated carbocycles. The third kappa shape index (κ3) is 3.91. The quantitative estimate of drug-likeness (QED) is 0.454. The number of rotatable bonds is 5. The number of furan rings is 1. The number of aromatic amines is 1. The standard InChI is InChI=1S/C18H12Cl3N5O2/c19-11-4-3-10(6-12(11)20)8-26-9-13(21)17(25-26)22-18(27)15-7-14(23-24-15)16-2-1-5-28-16/h1-7,9H,8H2,(H,23,24)(H,22,25,27). The molecule has 4 aromatic rings. The predicted octanol–water partition coefficient (Wildman–Crippen LogP) is 5.13. The zero-order valence-electron chi connectivity index (χ0n) is 14.1. The highest BCUT2D eigenvalue weighted by Crippen LogP contribution is 2.25. The van der Waals surface area contributed by atoms with Gasteiger partial charge in [-0.3, -0.25) is 14.6 Å². The maximum absolute atomic E-state index is 12.4. The molecule has 0 fully saturated rings. The van der Waals surface area contributed by atoms with E-state index in [0.717, 1.165) is 5.56 Å². The lowest BCUT2D eigenvalue weighted by Crippen LogP contribution is -2.13. The van der Waals surface area contributed by atoms with E-state index >= 15 is 0 Å². The van der Waals surface area contributed by atoms with Crippen LogP contribution in [0.3, 0.4) is 0 Å². The van der Waals surface area contributed by atoms with Gasteiger partial charge in [0.25, 0.3) is 5.91 Å². The van der Waals surface area contributed by atoms with Gasteiger partial charge in [-0.15, -0.1) is 0 Å². The molecule has 0 atom stereocenters. The highest BCUT2D eigenvalue weighted by atomic mass is 35.5. The van der Waals surface area contributed by atoms with Crippen LogP contribution in [-0.2, 0) is 6.54 Å². The summed E-state index contributed by atoms with van der Waals surface area (Å²) in [6, 6.07) is 10.4. The lowest BCUT2D eigenvalue weighted by Gasteiger charge is -2.04. The number of hydrogen-bond acceptors (Lipinski definition) is 4. The van der Waals surface area contributed by atoms with Crippen molar-refractivity contribution in [3.8, 4) is 11.5 Å². The van der Waals surface area contributed by atoms with Crippen LogP contribution in [0.4, 0.5) is 5.82 Å². The summed E-state index contributed by atoms with van der Waals surface area (Å²) in [6.07, 6.45) is 3.15. The zero-order valence-corrected chi connectivity index (χ0v) is 16.4. The Balaban J connectivity index is 1.48. The topological polar surface area (TPSA) is 88.7 Å². The molecular weight excluding hydrogens is 425 g/mol. The van der Waals surface area contributed by atoms with E-state index in [0.29, 0.717) is 33.1 Å². The van der Waals surface area contributed by atoms with Crippen molar-refractivity contribution >= 4 is 46.5 Å². The summed E-state index contributed by atoms with van der Waals surface area (Å²) in [5.41, 5.74) is 1.66. The van der Waals surface area contributed by atoms with Crippen molar-refractivity contribution in [1.82, 2.24) is 20.0 Å². The SMILES string of the molecule is O=C(Nc1nn(Cc2ccc(Cl)c(Cl)c2)cc1Cl)c1cc(-c2ccco2)[nH]n1. The molecule has 0 aliphatic carbocycles. The van der Waals surface area contributed by atoms with Crippen molar-refractivity contribution < 1.29 is 9.21 Å². The molecule has 142 valence electrons. The average Bonchev–Trinajstić information content (AvgIpc) is 3.40. The molecule has 0 radical (unpaired) electrons. The minimum absolute atomic E-state index is 0.182. The molecule has 2 N–H and O–H groups in total. The van der Waals surface area contributed by atoms with Gasteiger partial charge >= 0.3 is 0 Å². The van der Waals surface area contributed by atoms with Crippen LogP contribution in [0.2, 0.25) is 15.1 Å². The summed E-state index contributed by atoms with van der Waals surface area (Å²) in [6.45, 7) is 0.414. The number of aromatic nitrogens is 4. The second-order valence-electron chi connectivity index (χ2n) is 5.87. The van der Waals surface area contributed by atoms with Crippen LogP contribution in [0.1, 0.15) is 16.1 Å². The van der Waals surface area contributed by atoms with E-state index in [1.165, 1.54) is 6.26 Å². The van der Waals surface area contributed by atoms with E-state index in [1.54, 1.807) is 41.2 Å². The van der Waals surface area contributed by atoms with Gasteiger partial charge in [0.1, 0.15) is 10.7 Å². The number of nitrogens with zero attached hydrogens (tertiary/aromatic N) is 3. The van der Waals surface area contributed by atoms with E-state index in [2.05, 4.69) is 20.6 Å². The highest BCUT2D eigenvalue weighted by molar-refractivity contribution is 6.42. The second kappa shape index (κ2) is 7.71. The smallest absolute Gasteiger partial charge is 0.277 e. The number of nitrogens with one attached hydrogen (secondary N) is 2. The van der Waals surface area contributed by atoms with Crippen molar-refractivity contribution in [3.05, 3.63) is 75.2 Å². The molecule has 3 aromatic heterocycles. The number of hydrogen-bond donors (Lipinski definition) is 2. The zero-order chi connectivity index (χ0) is 19.7. The summed E-state index contributed by atoms with van der Waals surface area (Å²) in [5, 5.41) is 14.9. The van der Waals surface area contributed by atoms with Gasteiger partial charge in [0, 0.05) is 12.3 Å². The first kappa shape index (κ1) is 18.6. The molecule has 1 amide bonds. The van der Waals surface area contributed by atoms with Crippen LogP contribution in [0.25, 0.3) is 11.5 Å². The molecule has 4 rings (SSSR count). The van der Waals surface area contributed by atoms with Gasteiger partial charge in [-0.2, -0.15) is 10.2 Å². The fraction of sp³-hybridized carbons (Fsp3) is 0.0556. The minimum atomic E-state index is -0.448. The number of amides is 1. The first-order chi connectivity index (χ1) is 13.5. The van der Waals surface area contributed by atoms with Crippen LogP contribution in [-0.4, -0.2) is 25.9 Å². The molecule has 0 unspecified atom stereocenters. The first-order valence-corrected chi connectivity index (χ1v) is 9.20. The molecule has 0 aliphatic rings. The molecule has 1 aromatic carbocycles. The van der Waals surface area contributed by atoms with E-state index in [1.807, 2.05) is 6.07 Å². The van der Waals surface area contributed by atoms with Gasteiger partial charge in [-0.1, -0.05) is 40.9 Å². The molecule has 0 aliphatic heterocycles. The lowest BCUT2D eigenvalue weighted by molar-refractivity contribution is 0.102.